The van der Waals surface area contributed by atoms with Crippen LogP contribution in [-0.4, -0.2) is 52.9 Å². The summed E-state index contributed by atoms with van der Waals surface area (Å²) in [6, 6.07) is 0. The standard InChI is InChI=1S/H2O4S.2H2O.Sb.3H/c1-5(2,3)4;;;;;;/h(H2,1,2,3,4);2*1H2;;;;. The second kappa shape index (κ2) is 7.61. The molecule has 0 fully saturated rings. The van der Waals surface area contributed by atoms with E-state index in [4.69, 9.17) is 17.5 Å². The zero-order valence-electron chi connectivity index (χ0n) is 3.83. The minimum absolute atomic E-state index is 0. The molecule has 0 spiro atoms. The van der Waals surface area contributed by atoms with Crippen LogP contribution in [0.4, 0.5) is 0 Å². The van der Waals surface area contributed by atoms with Crippen molar-refractivity contribution in [3.8, 4) is 0 Å². The van der Waals surface area contributed by atoms with Gasteiger partial charge in [-0.05, 0) is 0 Å². The van der Waals surface area contributed by atoms with Crippen molar-refractivity contribution >= 4 is 34.8 Å². The molecule has 0 bridgehead atoms. The molecule has 6 nitrogen and oxygen atoms in total. The van der Waals surface area contributed by atoms with Crippen molar-refractivity contribution in [2.24, 2.45) is 0 Å². The van der Waals surface area contributed by atoms with Crippen molar-refractivity contribution in [3.63, 3.8) is 0 Å². The normalized spacial score (nSPS) is 7.25. The molecule has 0 aromatic heterocycles. The van der Waals surface area contributed by atoms with Crippen LogP contribution in [0.25, 0.3) is 0 Å². The zero-order chi connectivity index (χ0) is 4.50. The predicted octanol–water partition coefficient (Wildman–Crippen LogP) is -3.49. The van der Waals surface area contributed by atoms with Crippen molar-refractivity contribution in [1.29, 1.82) is 0 Å². The Morgan fingerprint density at radius 2 is 1.00 bits per heavy atom. The molecule has 0 atom stereocenters. The van der Waals surface area contributed by atoms with Crippen LogP contribution in [0.15, 0.2) is 0 Å². The molecule has 8 heteroatoms. The van der Waals surface area contributed by atoms with Gasteiger partial charge in [0.05, 0.1) is 0 Å². The quantitative estimate of drug-likeness (QED) is 0.344. The Morgan fingerprint density at radius 3 is 1.00 bits per heavy atom. The maximum absolute atomic E-state index is 8.74. The second-order valence-corrected chi connectivity index (χ2v) is 1.34. The molecule has 0 radical (unpaired) electrons. The first-order valence-electron chi connectivity index (χ1n) is 0.698. The van der Waals surface area contributed by atoms with E-state index in [1.54, 1.807) is 0 Å². The molecule has 0 unspecified atom stereocenters. The number of hydrogen-bond acceptors (Lipinski definition) is 2. The van der Waals surface area contributed by atoms with E-state index >= 15 is 0 Å². The van der Waals surface area contributed by atoms with Gasteiger partial charge in [-0.15, -0.1) is 0 Å². The predicted molar refractivity (Wildman–Crippen MR) is 31.3 cm³/mol. The molecule has 0 aromatic carbocycles. The van der Waals surface area contributed by atoms with Crippen LogP contribution in [0.5, 0.6) is 0 Å². The molecule has 8 heavy (non-hydrogen) atoms. The molecule has 0 aromatic rings. The Bertz CT molecular complexity index is 91.7. The van der Waals surface area contributed by atoms with Crippen LogP contribution >= 0.6 is 0 Å². The molecule has 0 saturated heterocycles. The first kappa shape index (κ1) is 23.5. The summed E-state index contributed by atoms with van der Waals surface area (Å²) in [5.41, 5.74) is 0. The Balaban J connectivity index is -0.0000000267. The van der Waals surface area contributed by atoms with Gasteiger partial charge in [-0.3, -0.25) is 9.11 Å². The van der Waals surface area contributed by atoms with Crippen LogP contribution in [0.2, 0.25) is 0 Å². The fourth-order valence-electron chi connectivity index (χ4n) is 0. The first-order valence-corrected chi connectivity index (χ1v) is 2.10. The molecule has 56 valence electrons. The fraction of sp³-hybridized carbons (Fsp3) is 0. The third kappa shape index (κ3) is 562. The van der Waals surface area contributed by atoms with Gasteiger partial charge in [0.2, 0.25) is 0 Å². The molecular formula is H9O6SSb. The molecular weight excluding hydrogens is 250 g/mol. The average molecular weight is 259 g/mol. The van der Waals surface area contributed by atoms with Gasteiger partial charge in [0.25, 0.3) is 0 Å². The van der Waals surface area contributed by atoms with Crippen LogP contribution in [0.1, 0.15) is 0 Å². The van der Waals surface area contributed by atoms with Gasteiger partial charge in [-0.2, -0.15) is 8.42 Å². The molecule has 6 N–H and O–H groups in total. The summed E-state index contributed by atoms with van der Waals surface area (Å²) >= 11 is 0. The van der Waals surface area contributed by atoms with E-state index in [1.165, 1.54) is 0 Å². The summed E-state index contributed by atoms with van der Waals surface area (Å²) in [6.45, 7) is 0. The monoisotopic (exact) mass is 258 g/mol. The summed E-state index contributed by atoms with van der Waals surface area (Å²) < 4.78 is 31.6. The van der Waals surface area contributed by atoms with E-state index in [1.807, 2.05) is 0 Å². The summed E-state index contributed by atoms with van der Waals surface area (Å²) in [5.74, 6) is 0. The molecule has 0 aliphatic heterocycles. The number of rotatable bonds is 0. The molecule has 0 aliphatic carbocycles. The maximum atomic E-state index is 8.74. The Labute approximate surface area is 63.5 Å². The van der Waals surface area contributed by atoms with E-state index in [9.17, 15) is 0 Å². The van der Waals surface area contributed by atoms with Gasteiger partial charge in [0.15, 0.2) is 0 Å². The van der Waals surface area contributed by atoms with E-state index < -0.39 is 10.4 Å². The minimum atomic E-state index is -4.67. The third-order valence-corrected chi connectivity index (χ3v) is 0. The zero-order valence-corrected chi connectivity index (χ0v) is 8.68. The van der Waals surface area contributed by atoms with Gasteiger partial charge in [0, 0.05) is 0 Å². The summed E-state index contributed by atoms with van der Waals surface area (Å²) in [7, 11) is -4.67. The van der Waals surface area contributed by atoms with Crippen LogP contribution in [-0.2, 0) is 10.4 Å². The fourth-order valence-corrected chi connectivity index (χ4v) is 0. The van der Waals surface area contributed by atoms with Gasteiger partial charge < -0.3 is 11.0 Å². The van der Waals surface area contributed by atoms with Crippen LogP contribution in [0, 0.1) is 0 Å². The first-order chi connectivity index (χ1) is 2.00. The van der Waals surface area contributed by atoms with E-state index in [-0.39, 0.29) is 35.4 Å². The Morgan fingerprint density at radius 1 is 1.00 bits per heavy atom. The van der Waals surface area contributed by atoms with E-state index in [2.05, 4.69) is 0 Å². The van der Waals surface area contributed by atoms with Gasteiger partial charge in [0.1, 0.15) is 0 Å². The van der Waals surface area contributed by atoms with E-state index in [0.29, 0.717) is 0 Å². The van der Waals surface area contributed by atoms with Gasteiger partial charge >= 0.3 is 34.8 Å². The molecule has 0 saturated carbocycles. The molecule has 0 heterocycles. The average Bonchev–Trinajstić information content (AvgIpc) is 0.722. The molecule has 0 amide bonds. The van der Waals surface area contributed by atoms with Crippen molar-refractivity contribution in [2.75, 3.05) is 0 Å². The van der Waals surface area contributed by atoms with Crippen molar-refractivity contribution < 1.29 is 28.5 Å². The summed E-state index contributed by atoms with van der Waals surface area (Å²) in [6.07, 6.45) is 0. The molecule has 0 rings (SSSR count). The number of hydrogen-bond donors (Lipinski definition) is 2. The Hall–Kier alpha value is 0.608. The van der Waals surface area contributed by atoms with Crippen LogP contribution in [0.3, 0.4) is 0 Å². The SMILES string of the molecule is O.O.O=S(=O)(O)O.[SbH3]. The Kier molecular flexibility index (Phi) is 22.3. The topological polar surface area (TPSA) is 138 Å². The third-order valence-electron chi connectivity index (χ3n) is 0. The second-order valence-electron chi connectivity index (χ2n) is 0.448. The molecule has 0 aliphatic rings. The van der Waals surface area contributed by atoms with Crippen molar-refractivity contribution in [1.82, 2.24) is 0 Å². The van der Waals surface area contributed by atoms with E-state index in [0.717, 1.165) is 0 Å². The van der Waals surface area contributed by atoms with Gasteiger partial charge in [-0.25, -0.2) is 0 Å². The van der Waals surface area contributed by atoms with Crippen molar-refractivity contribution in [2.45, 2.75) is 0 Å². The summed E-state index contributed by atoms with van der Waals surface area (Å²) in [5, 5.41) is 0. The van der Waals surface area contributed by atoms with Crippen molar-refractivity contribution in [3.05, 3.63) is 0 Å². The summed E-state index contributed by atoms with van der Waals surface area (Å²) in [4.78, 5) is 0. The van der Waals surface area contributed by atoms with Crippen LogP contribution < -0.4 is 0 Å². The van der Waals surface area contributed by atoms with Gasteiger partial charge in [-0.1, -0.05) is 0 Å².